The van der Waals surface area contributed by atoms with E-state index in [-0.39, 0.29) is 30.0 Å². The predicted octanol–water partition coefficient (Wildman–Crippen LogP) is 2.26. The molecule has 4 rings (SSSR count). The average Bonchev–Trinajstić information content (AvgIpc) is 3.33. The lowest BCUT2D eigenvalue weighted by Gasteiger charge is -2.37. The van der Waals surface area contributed by atoms with Crippen molar-refractivity contribution in [2.45, 2.75) is 51.2 Å². The van der Waals surface area contributed by atoms with Gasteiger partial charge in [0.15, 0.2) is 0 Å². The first-order chi connectivity index (χ1) is 15.6. The fraction of sp³-hybridized carbons (Fsp3) is 0.480. The zero-order valence-corrected chi connectivity index (χ0v) is 18.5. The van der Waals surface area contributed by atoms with Gasteiger partial charge < -0.3 is 19.7 Å². The number of benzene rings is 1. The zero-order chi connectivity index (χ0) is 22.3. The van der Waals surface area contributed by atoms with Crippen molar-refractivity contribution >= 4 is 11.8 Å². The molecule has 2 aliphatic heterocycles. The van der Waals surface area contributed by atoms with Crippen LogP contribution < -0.4 is 10.9 Å². The molecule has 0 unspecified atom stereocenters. The van der Waals surface area contributed by atoms with E-state index < -0.39 is 5.56 Å². The van der Waals surface area contributed by atoms with Gasteiger partial charge in [-0.1, -0.05) is 30.3 Å². The van der Waals surface area contributed by atoms with E-state index in [2.05, 4.69) is 10.2 Å². The number of nitrogens with zero attached hydrogens (tertiary/aromatic N) is 3. The Morgan fingerprint density at radius 1 is 0.938 bits per heavy atom. The van der Waals surface area contributed by atoms with Gasteiger partial charge in [0, 0.05) is 31.9 Å². The Kier molecular flexibility index (Phi) is 7.37. The number of nitrogens with one attached hydrogen (secondary N) is 1. The highest BCUT2D eigenvalue weighted by Crippen LogP contribution is 2.21. The summed E-state index contributed by atoms with van der Waals surface area (Å²) in [5.74, 6) is -0.469. The van der Waals surface area contributed by atoms with Crippen molar-refractivity contribution in [1.29, 1.82) is 0 Å². The van der Waals surface area contributed by atoms with Crippen molar-refractivity contribution in [3.05, 3.63) is 70.1 Å². The Labute approximate surface area is 189 Å². The fourth-order valence-electron chi connectivity index (χ4n) is 4.71. The van der Waals surface area contributed by atoms with Gasteiger partial charge in [-0.3, -0.25) is 14.4 Å². The molecular formula is C25H32N4O3. The highest BCUT2D eigenvalue weighted by molar-refractivity contribution is 5.94. The maximum absolute atomic E-state index is 13.3. The number of carbonyl (C=O) groups is 2. The molecule has 32 heavy (non-hydrogen) atoms. The number of likely N-dealkylation sites (tertiary alicyclic amines) is 2. The van der Waals surface area contributed by atoms with Gasteiger partial charge in [-0.15, -0.1) is 0 Å². The third-order valence-electron chi connectivity index (χ3n) is 6.45. The quantitative estimate of drug-likeness (QED) is 0.723. The normalized spacial score (nSPS) is 19.1. The van der Waals surface area contributed by atoms with Crippen LogP contribution in [0, 0.1) is 0 Å². The molecule has 7 nitrogen and oxygen atoms in total. The number of piperidine rings is 1. The molecule has 0 spiro atoms. The van der Waals surface area contributed by atoms with E-state index in [0.717, 1.165) is 44.5 Å². The van der Waals surface area contributed by atoms with E-state index >= 15 is 0 Å². The van der Waals surface area contributed by atoms with E-state index in [0.29, 0.717) is 13.1 Å². The topological polar surface area (TPSA) is 74.7 Å². The number of aromatic nitrogens is 1. The van der Waals surface area contributed by atoms with E-state index in [1.807, 2.05) is 35.2 Å². The molecule has 1 atom stereocenters. The van der Waals surface area contributed by atoms with Crippen LogP contribution in [-0.2, 0) is 17.9 Å². The van der Waals surface area contributed by atoms with Crippen molar-refractivity contribution in [2.24, 2.45) is 0 Å². The minimum atomic E-state index is -0.405. The summed E-state index contributed by atoms with van der Waals surface area (Å²) in [5, 5.41) is 2.83. The molecule has 0 bridgehead atoms. The summed E-state index contributed by atoms with van der Waals surface area (Å²) >= 11 is 0. The molecule has 170 valence electrons. The third-order valence-corrected chi connectivity index (χ3v) is 6.45. The summed E-state index contributed by atoms with van der Waals surface area (Å²) in [6.07, 6.45) is 7.06. The number of amides is 2. The second kappa shape index (κ2) is 10.6. The van der Waals surface area contributed by atoms with Crippen LogP contribution in [-0.4, -0.2) is 58.4 Å². The van der Waals surface area contributed by atoms with Crippen LogP contribution in [0.2, 0.25) is 0 Å². The van der Waals surface area contributed by atoms with E-state index in [9.17, 15) is 14.4 Å². The maximum atomic E-state index is 13.3. The standard InChI is InChI=1S/C25H32N4O3/c30-23(26-17-20-9-2-1-3-10-20)19-28-15-8-12-22(24(28)31)25(32)29-16-5-4-11-21(29)18-27-13-6-7-14-27/h1-3,8-10,12,15,21H,4-7,11,13-14,16-19H2,(H,26,30)/t21-/m0/s1. The Bertz CT molecular complexity index is 982. The van der Waals surface area contributed by atoms with Crippen molar-refractivity contribution in [2.75, 3.05) is 26.2 Å². The van der Waals surface area contributed by atoms with Crippen molar-refractivity contribution in [3.8, 4) is 0 Å². The van der Waals surface area contributed by atoms with Gasteiger partial charge in [0.05, 0.1) is 0 Å². The molecule has 0 aliphatic carbocycles. The lowest BCUT2D eigenvalue weighted by molar-refractivity contribution is -0.121. The summed E-state index contributed by atoms with van der Waals surface area (Å²) < 4.78 is 1.33. The Hall–Kier alpha value is -2.93. The van der Waals surface area contributed by atoms with Crippen LogP contribution >= 0.6 is 0 Å². The van der Waals surface area contributed by atoms with Crippen molar-refractivity contribution < 1.29 is 9.59 Å². The molecule has 0 radical (unpaired) electrons. The van der Waals surface area contributed by atoms with Gasteiger partial charge >= 0.3 is 0 Å². The van der Waals surface area contributed by atoms with Crippen LogP contribution in [0.25, 0.3) is 0 Å². The van der Waals surface area contributed by atoms with E-state index in [1.54, 1.807) is 18.3 Å². The van der Waals surface area contributed by atoms with Crippen LogP contribution in [0.3, 0.4) is 0 Å². The molecule has 2 saturated heterocycles. The number of carbonyl (C=O) groups excluding carboxylic acids is 2. The van der Waals surface area contributed by atoms with Gasteiger partial charge in [0.1, 0.15) is 12.1 Å². The molecule has 2 aliphatic rings. The summed E-state index contributed by atoms with van der Waals surface area (Å²) in [6, 6.07) is 13.0. The van der Waals surface area contributed by atoms with Crippen LogP contribution in [0.4, 0.5) is 0 Å². The van der Waals surface area contributed by atoms with Crippen molar-refractivity contribution in [3.63, 3.8) is 0 Å². The molecular weight excluding hydrogens is 404 g/mol. The van der Waals surface area contributed by atoms with Crippen LogP contribution in [0.5, 0.6) is 0 Å². The first-order valence-corrected chi connectivity index (χ1v) is 11.7. The van der Waals surface area contributed by atoms with Gasteiger partial charge in [0.25, 0.3) is 11.5 Å². The van der Waals surface area contributed by atoms with E-state index in [1.165, 1.54) is 17.4 Å². The maximum Gasteiger partial charge on any atom is 0.263 e. The Morgan fingerprint density at radius 3 is 2.47 bits per heavy atom. The first kappa shape index (κ1) is 22.3. The molecule has 0 saturated carbocycles. The number of hydrogen-bond acceptors (Lipinski definition) is 4. The lowest BCUT2D eigenvalue weighted by Crippen LogP contribution is -2.50. The second-order valence-electron chi connectivity index (χ2n) is 8.77. The smallest absolute Gasteiger partial charge is 0.263 e. The van der Waals surface area contributed by atoms with Crippen LogP contribution in [0.1, 0.15) is 48.0 Å². The first-order valence-electron chi connectivity index (χ1n) is 11.7. The number of hydrogen-bond donors (Lipinski definition) is 1. The Balaban J connectivity index is 1.42. The van der Waals surface area contributed by atoms with Gasteiger partial charge in [0.2, 0.25) is 5.91 Å². The molecule has 1 aromatic heterocycles. The molecule has 2 amide bonds. The highest BCUT2D eigenvalue weighted by atomic mass is 16.2. The number of pyridine rings is 1. The SMILES string of the molecule is O=C(Cn1cccc(C(=O)N2CCCC[C@H]2CN2CCCC2)c1=O)NCc1ccccc1. The number of rotatable bonds is 7. The molecule has 7 heteroatoms. The predicted molar refractivity (Wildman–Crippen MR) is 123 cm³/mol. The minimum absolute atomic E-state index is 0.107. The Morgan fingerprint density at radius 2 is 1.69 bits per heavy atom. The molecule has 1 aromatic carbocycles. The summed E-state index contributed by atoms with van der Waals surface area (Å²) in [4.78, 5) is 43.1. The lowest BCUT2D eigenvalue weighted by atomic mass is 10.0. The van der Waals surface area contributed by atoms with Gasteiger partial charge in [-0.2, -0.15) is 0 Å². The minimum Gasteiger partial charge on any atom is -0.350 e. The van der Waals surface area contributed by atoms with Crippen molar-refractivity contribution in [1.82, 2.24) is 19.7 Å². The summed E-state index contributed by atoms with van der Waals surface area (Å²) in [5.41, 5.74) is 0.737. The summed E-state index contributed by atoms with van der Waals surface area (Å²) in [6.45, 7) is 4.05. The van der Waals surface area contributed by atoms with Gasteiger partial charge in [-0.05, 0) is 62.9 Å². The monoisotopic (exact) mass is 436 g/mol. The largest absolute Gasteiger partial charge is 0.350 e. The molecule has 2 aromatic rings. The zero-order valence-electron chi connectivity index (χ0n) is 18.5. The van der Waals surface area contributed by atoms with Crippen LogP contribution in [0.15, 0.2) is 53.5 Å². The summed E-state index contributed by atoms with van der Waals surface area (Å²) in [7, 11) is 0. The molecule has 3 heterocycles. The molecule has 1 N–H and O–H groups in total. The average molecular weight is 437 g/mol. The van der Waals surface area contributed by atoms with Gasteiger partial charge in [-0.25, -0.2) is 0 Å². The third kappa shape index (κ3) is 5.46. The van der Waals surface area contributed by atoms with E-state index in [4.69, 9.17) is 0 Å². The second-order valence-corrected chi connectivity index (χ2v) is 8.77. The molecule has 2 fully saturated rings. The fourth-order valence-corrected chi connectivity index (χ4v) is 4.71. The highest BCUT2D eigenvalue weighted by Gasteiger charge is 2.31.